The molecule has 3 rings (SSSR count). The Labute approximate surface area is 183 Å². The molecule has 10 heteroatoms. The molecular formula is C22H22N4O6. The zero-order valence-corrected chi connectivity index (χ0v) is 17.4. The van der Waals surface area contributed by atoms with E-state index < -0.39 is 17.8 Å². The summed E-state index contributed by atoms with van der Waals surface area (Å²) < 4.78 is 11.6. The van der Waals surface area contributed by atoms with E-state index in [1.54, 1.807) is 55.5 Å². The first-order valence-corrected chi connectivity index (χ1v) is 9.84. The Morgan fingerprint density at radius 3 is 2.53 bits per heavy atom. The third-order valence-electron chi connectivity index (χ3n) is 4.32. The summed E-state index contributed by atoms with van der Waals surface area (Å²) in [5.74, 6) is -1.53. The summed E-state index contributed by atoms with van der Waals surface area (Å²) in [6, 6.07) is 15.6. The van der Waals surface area contributed by atoms with Crippen molar-refractivity contribution >= 4 is 34.4 Å². The lowest BCUT2D eigenvalue weighted by molar-refractivity contribution is -0.143. The van der Waals surface area contributed by atoms with E-state index in [1.165, 1.54) is 4.57 Å². The molecule has 0 spiro atoms. The minimum atomic E-state index is -0.723. The molecule has 0 saturated heterocycles. The van der Waals surface area contributed by atoms with Crippen LogP contribution in [0.15, 0.2) is 64.8 Å². The van der Waals surface area contributed by atoms with Crippen LogP contribution in [-0.2, 0) is 25.7 Å². The number of hydrogen-bond acceptors (Lipinski definition) is 7. The van der Waals surface area contributed by atoms with Crippen molar-refractivity contribution in [2.75, 3.05) is 19.8 Å². The predicted molar refractivity (Wildman–Crippen MR) is 115 cm³/mol. The molecule has 0 aliphatic carbocycles. The Morgan fingerprint density at radius 2 is 1.78 bits per heavy atom. The number of ether oxygens (including phenoxy) is 2. The number of aromatic nitrogens is 1. The lowest BCUT2D eigenvalue weighted by Crippen LogP contribution is -2.32. The summed E-state index contributed by atoms with van der Waals surface area (Å²) in [6.45, 7) is 1.03. The number of hydrogen-bond donors (Lipinski definition) is 2. The molecule has 0 aliphatic rings. The zero-order chi connectivity index (χ0) is 22.9. The minimum Gasteiger partial charge on any atom is -0.493 e. The molecule has 0 radical (unpaired) electrons. The number of fused-ring (bicyclic) bond motifs is 1. The second-order valence-electron chi connectivity index (χ2n) is 6.55. The van der Waals surface area contributed by atoms with E-state index in [2.05, 4.69) is 15.5 Å². The summed E-state index contributed by atoms with van der Waals surface area (Å²) >= 11 is 0. The number of nitrogens with one attached hydrogen (secondary N) is 1. The molecule has 0 bridgehead atoms. The van der Waals surface area contributed by atoms with Crippen molar-refractivity contribution in [1.29, 1.82) is 0 Å². The number of amides is 2. The maximum absolute atomic E-state index is 12.0. The van der Waals surface area contributed by atoms with Gasteiger partial charge < -0.3 is 19.9 Å². The minimum absolute atomic E-state index is 0.0389. The first kappa shape index (κ1) is 22.5. The first-order valence-electron chi connectivity index (χ1n) is 9.84. The number of esters is 1. The van der Waals surface area contributed by atoms with E-state index >= 15 is 0 Å². The average Bonchev–Trinajstić information content (AvgIpc) is 3.06. The van der Waals surface area contributed by atoms with Gasteiger partial charge in [-0.1, -0.05) is 36.4 Å². The lowest BCUT2D eigenvalue weighted by atomic mass is 10.2. The number of azo groups is 1. The normalized spacial score (nSPS) is 10.9. The van der Waals surface area contributed by atoms with Crippen molar-refractivity contribution in [3.05, 3.63) is 54.6 Å². The number of rotatable bonds is 9. The van der Waals surface area contributed by atoms with Crippen LogP contribution < -0.4 is 10.1 Å². The van der Waals surface area contributed by atoms with Crippen molar-refractivity contribution < 1.29 is 29.0 Å². The van der Waals surface area contributed by atoms with Crippen LogP contribution in [0.5, 0.6) is 11.6 Å². The van der Waals surface area contributed by atoms with Gasteiger partial charge in [0.2, 0.25) is 5.88 Å². The molecule has 0 aliphatic heterocycles. The molecule has 0 atom stereocenters. The lowest BCUT2D eigenvalue weighted by Gasteiger charge is -2.06. The van der Waals surface area contributed by atoms with Gasteiger partial charge in [-0.15, -0.1) is 10.2 Å². The largest absolute Gasteiger partial charge is 0.493 e. The van der Waals surface area contributed by atoms with Crippen LogP contribution in [0.4, 0.5) is 5.69 Å². The number of para-hydroxylation sites is 2. The molecule has 2 amide bonds. The summed E-state index contributed by atoms with van der Waals surface area (Å²) in [7, 11) is 0. The van der Waals surface area contributed by atoms with Gasteiger partial charge in [0.05, 0.1) is 12.1 Å². The maximum Gasteiger partial charge on any atom is 0.326 e. The fourth-order valence-corrected chi connectivity index (χ4v) is 2.90. The molecule has 0 fully saturated rings. The Kier molecular flexibility index (Phi) is 7.52. The smallest absolute Gasteiger partial charge is 0.326 e. The van der Waals surface area contributed by atoms with Crippen LogP contribution >= 0.6 is 0 Å². The first-order chi connectivity index (χ1) is 15.5. The van der Waals surface area contributed by atoms with E-state index in [1.807, 2.05) is 6.07 Å². The van der Waals surface area contributed by atoms with Gasteiger partial charge in [0, 0.05) is 5.39 Å². The van der Waals surface area contributed by atoms with Crippen LogP contribution in [0, 0.1) is 0 Å². The second-order valence-corrected chi connectivity index (χ2v) is 6.55. The Balaban J connectivity index is 1.63. The molecule has 0 saturated carbocycles. The van der Waals surface area contributed by atoms with E-state index in [4.69, 9.17) is 9.47 Å². The topological polar surface area (TPSA) is 132 Å². The fourth-order valence-electron chi connectivity index (χ4n) is 2.90. The van der Waals surface area contributed by atoms with Crippen LogP contribution in [-0.4, -0.2) is 47.2 Å². The maximum atomic E-state index is 12.0. The Morgan fingerprint density at radius 1 is 1.06 bits per heavy atom. The van der Waals surface area contributed by atoms with E-state index in [9.17, 15) is 19.5 Å². The summed E-state index contributed by atoms with van der Waals surface area (Å²) in [5.41, 5.74) is 0.572. The van der Waals surface area contributed by atoms with E-state index in [0.29, 0.717) is 16.7 Å². The van der Waals surface area contributed by atoms with Crippen LogP contribution in [0.3, 0.4) is 0 Å². The van der Waals surface area contributed by atoms with Gasteiger partial charge in [-0.25, -0.2) is 0 Å². The van der Waals surface area contributed by atoms with Crippen molar-refractivity contribution in [3.8, 4) is 11.6 Å². The van der Waals surface area contributed by atoms with Crippen LogP contribution in [0.1, 0.15) is 6.92 Å². The van der Waals surface area contributed by atoms with E-state index in [0.717, 1.165) is 0 Å². The number of benzene rings is 2. The molecule has 0 unspecified atom stereocenters. The number of nitrogens with zero attached hydrogens (tertiary/aromatic N) is 3. The predicted octanol–water partition coefficient (Wildman–Crippen LogP) is 2.72. The summed E-state index contributed by atoms with van der Waals surface area (Å²) in [6.07, 6.45) is 0. The molecule has 2 N–H and O–H groups in total. The van der Waals surface area contributed by atoms with Crippen LogP contribution in [0.2, 0.25) is 0 Å². The molecule has 1 aromatic heterocycles. The van der Waals surface area contributed by atoms with Crippen molar-refractivity contribution in [1.82, 2.24) is 9.88 Å². The van der Waals surface area contributed by atoms with Crippen molar-refractivity contribution in [3.63, 3.8) is 0 Å². The highest BCUT2D eigenvalue weighted by Gasteiger charge is 2.19. The molecule has 166 valence electrons. The monoisotopic (exact) mass is 438 g/mol. The highest BCUT2D eigenvalue weighted by molar-refractivity contribution is 5.96. The number of carbonyl (C=O) groups is 3. The Hall–Kier alpha value is -4.21. The fraction of sp³-hybridized carbons (Fsp3) is 0.227. The number of carbonyl (C=O) groups excluding carboxylic acids is 3. The Bertz CT molecular complexity index is 1140. The van der Waals surface area contributed by atoms with Gasteiger partial charge in [-0.2, -0.15) is 0 Å². The average molecular weight is 438 g/mol. The van der Waals surface area contributed by atoms with Gasteiger partial charge in [0.1, 0.15) is 18.8 Å². The summed E-state index contributed by atoms with van der Waals surface area (Å²) in [5, 5.41) is 20.9. The van der Waals surface area contributed by atoms with Crippen molar-refractivity contribution in [2.24, 2.45) is 10.2 Å². The highest BCUT2D eigenvalue weighted by Crippen LogP contribution is 2.38. The molecule has 32 heavy (non-hydrogen) atoms. The molecular weight excluding hydrogens is 416 g/mol. The molecule has 2 aromatic carbocycles. The summed E-state index contributed by atoms with van der Waals surface area (Å²) in [4.78, 5) is 35.7. The molecule has 10 nitrogen and oxygen atoms in total. The highest BCUT2D eigenvalue weighted by atomic mass is 16.5. The zero-order valence-electron chi connectivity index (χ0n) is 17.4. The van der Waals surface area contributed by atoms with Crippen molar-refractivity contribution in [2.45, 2.75) is 13.5 Å². The van der Waals surface area contributed by atoms with Gasteiger partial charge in [-0.05, 0) is 25.1 Å². The third-order valence-corrected chi connectivity index (χ3v) is 4.32. The van der Waals surface area contributed by atoms with E-state index in [-0.39, 0.29) is 37.9 Å². The SMILES string of the molecule is CCOC(=O)Cn1c(O)c(N=NC(=O)CNC(=O)COc2ccccc2)c2ccccc21. The van der Waals surface area contributed by atoms with Gasteiger partial charge in [-0.3, -0.25) is 19.0 Å². The third kappa shape index (κ3) is 5.69. The van der Waals surface area contributed by atoms with Gasteiger partial charge >= 0.3 is 5.97 Å². The standard InChI is InChI=1S/C22H22N4O6/c1-2-31-20(29)13-26-17-11-7-6-10-16(17)21(22(26)30)25-24-18(27)12-23-19(28)14-32-15-8-4-3-5-9-15/h3-11,30H,2,12-14H2,1H3,(H,23,28). The van der Waals surface area contributed by atoms with Gasteiger partial charge in [0.15, 0.2) is 12.3 Å². The quantitative estimate of drug-likeness (QED) is 0.390. The molecule has 1 heterocycles. The van der Waals surface area contributed by atoms with Gasteiger partial charge in [0.25, 0.3) is 11.8 Å². The second kappa shape index (κ2) is 10.7. The number of aromatic hydroxyl groups is 1. The van der Waals surface area contributed by atoms with Crippen LogP contribution in [0.25, 0.3) is 10.9 Å². The molecule has 3 aromatic rings.